The van der Waals surface area contributed by atoms with E-state index < -0.39 is 20.5 Å². The van der Waals surface area contributed by atoms with Gasteiger partial charge < -0.3 is 0 Å². The Labute approximate surface area is 78.3 Å². The van der Waals surface area contributed by atoms with Gasteiger partial charge in [-0.3, -0.25) is 0 Å². The molecule has 0 amide bonds. The summed E-state index contributed by atoms with van der Waals surface area (Å²) in [6, 6.07) is 10.0. The summed E-state index contributed by atoms with van der Waals surface area (Å²) in [5, 5.41) is 9.29. The van der Waals surface area contributed by atoms with Crippen LogP contribution in [-0.4, -0.2) is 25.6 Å². The van der Waals surface area contributed by atoms with Gasteiger partial charge in [-0.15, -0.1) is 0 Å². The van der Waals surface area contributed by atoms with Crippen LogP contribution in [0.3, 0.4) is 0 Å². The fourth-order valence-electron chi connectivity index (χ4n) is 0.958. The van der Waals surface area contributed by atoms with E-state index in [1.54, 1.807) is 0 Å². The van der Waals surface area contributed by atoms with Crippen molar-refractivity contribution in [3.63, 3.8) is 0 Å². The topological polar surface area (TPSA) is 37.3 Å². The monoisotopic (exact) mass is 226 g/mol. The Hall–Kier alpha value is -0.752. The van der Waals surface area contributed by atoms with Gasteiger partial charge in [-0.1, -0.05) is 0 Å². The van der Waals surface area contributed by atoms with Gasteiger partial charge in [0.05, 0.1) is 0 Å². The normalized spacial score (nSPS) is 10.7. The van der Waals surface area contributed by atoms with Gasteiger partial charge in [0.1, 0.15) is 0 Å². The SMILES string of the molecule is O=C(O)[AsH]CCc1ccccc1. The van der Waals surface area contributed by atoms with Crippen LogP contribution >= 0.6 is 0 Å². The molecule has 0 bridgehead atoms. The first-order valence-corrected chi connectivity index (χ1v) is 6.33. The molecule has 0 spiro atoms. The molecule has 1 aromatic carbocycles. The summed E-state index contributed by atoms with van der Waals surface area (Å²) in [5.41, 5.74) is 1.24. The molecule has 2 nitrogen and oxygen atoms in total. The van der Waals surface area contributed by atoms with Crippen LogP contribution in [0.4, 0.5) is 4.79 Å². The predicted molar refractivity (Wildman–Crippen MR) is 50.1 cm³/mol. The fourth-order valence-corrected chi connectivity index (χ4v) is 2.28. The number of aryl methyl sites for hydroxylation is 1. The van der Waals surface area contributed by atoms with Gasteiger partial charge in [0.2, 0.25) is 0 Å². The Morgan fingerprint density at radius 1 is 1.33 bits per heavy atom. The summed E-state index contributed by atoms with van der Waals surface area (Å²) in [4.78, 5) is 10.2. The number of benzene rings is 1. The van der Waals surface area contributed by atoms with Crippen molar-refractivity contribution in [2.75, 3.05) is 0 Å². The van der Waals surface area contributed by atoms with E-state index in [-0.39, 0.29) is 0 Å². The molecule has 0 aliphatic heterocycles. The van der Waals surface area contributed by atoms with Crippen molar-refractivity contribution in [3.05, 3.63) is 35.9 Å². The number of hydrogen-bond acceptors (Lipinski definition) is 1. The van der Waals surface area contributed by atoms with E-state index >= 15 is 0 Å². The second-order valence-corrected chi connectivity index (χ2v) is 5.16. The van der Waals surface area contributed by atoms with Crippen LogP contribution in [0.1, 0.15) is 5.56 Å². The summed E-state index contributed by atoms with van der Waals surface area (Å²) in [6.45, 7) is 0. The Morgan fingerprint density at radius 2 is 2.00 bits per heavy atom. The van der Waals surface area contributed by atoms with Crippen LogP contribution < -0.4 is 0 Å². The van der Waals surface area contributed by atoms with Gasteiger partial charge in [0, 0.05) is 0 Å². The van der Waals surface area contributed by atoms with Crippen molar-refractivity contribution in [1.82, 2.24) is 0 Å². The van der Waals surface area contributed by atoms with Gasteiger partial charge in [-0.2, -0.15) is 0 Å². The van der Waals surface area contributed by atoms with Crippen molar-refractivity contribution >= 4 is 20.5 Å². The molecule has 0 fully saturated rings. The Kier molecular flexibility index (Phi) is 3.89. The van der Waals surface area contributed by atoms with Gasteiger partial charge in [0.15, 0.2) is 0 Å². The Balaban J connectivity index is 2.29. The molecule has 0 saturated heterocycles. The first kappa shape index (κ1) is 9.34. The summed E-state index contributed by atoms with van der Waals surface area (Å²) >= 11 is -0.767. The first-order chi connectivity index (χ1) is 5.79. The van der Waals surface area contributed by atoms with E-state index in [9.17, 15) is 4.79 Å². The molecule has 1 rings (SSSR count). The molecule has 0 saturated carbocycles. The van der Waals surface area contributed by atoms with Crippen LogP contribution in [0.5, 0.6) is 0 Å². The van der Waals surface area contributed by atoms with Gasteiger partial charge >= 0.3 is 77.9 Å². The predicted octanol–water partition coefficient (Wildman–Crippen LogP) is 1.76. The third-order valence-corrected chi connectivity index (χ3v) is 3.22. The maximum atomic E-state index is 10.2. The molecule has 0 heterocycles. The van der Waals surface area contributed by atoms with E-state index in [4.69, 9.17) is 5.11 Å². The summed E-state index contributed by atoms with van der Waals surface area (Å²) in [6.07, 6.45) is 0.910. The number of carboxylic acid groups (broad SMARTS) is 1. The van der Waals surface area contributed by atoms with Crippen LogP contribution in [0, 0.1) is 0 Å². The van der Waals surface area contributed by atoms with E-state index in [0.717, 1.165) is 11.6 Å². The Morgan fingerprint density at radius 3 is 2.58 bits per heavy atom. The third kappa shape index (κ3) is 3.58. The van der Waals surface area contributed by atoms with E-state index in [0.29, 0.717) is 0 Å². The van der Waals surface area contributed by atoms with Crippen molar-refractivity contribution in [1.29, 1.82) is 0 Å². The molecular weight excluding hydrogens is 215 g/mol. The van der Waals surface area contributed by atoms with Gasteiger partial charge in [-0.05, 0) is 0 Å². The molecule has 1 N–H and O–H groups in total. The van der Waals surface area contributed by atoms with Crippen molar-refractivity contribution in [2.24, 2.45) is 0 Å². The zero-order valence-corrected chi connectivity index (χ0v) is 8.75. The zero-order chi connectivity index (χ0) is 8.81. The molecule has 3 heteroatoms. The summed E-state index contributed by atoms with van der Waals surface area (Å²) in [5.74, 6) is 0. The molecule has 1 unspecified atom stereocenters. The van der Waals surface area contributed by atoms with Crippen molar-refractivity contribution in [3.8, 4) is 0 Å². The van der Waals surface area contributed by atoms with E-state index in [1.807, 2.05) is 30.3 Å². The second kappa shape index (κ2) is 4.99. The average molecular weight is 226 g/mol. The Bertz CT molecular complexity index is 246. The number of rotatable bonds is 4. The first-order valence-electron chi connectivity index (χ1n) is 3.80. The molecule has 64 valence electrons. The second-order valence-electron chi connectivity index (χ2n) is 2.47. The molecule has 1 atom stereocenters. The summed E-state index contributed by atoms with van der Waals surface area (Å²) < 4.78 is -0.592. The summed E-state index contributed by atoms with van der Waals surface area (Å²) in [7, 11) is 0. The fraction of sp³-hybridized carbons (Fsp3) is 0.222. The molecule has 0 radical (unpaired) electrons. The molecule has 1 aromatic rings. The number of hydrogen-bond donors (Lipinski definition) is 1. The molecular formula is C9H11AsO2. The van der Waals surface area contributed by atoms with E-state index in [2.05, 4.69) is 0 Å². The minimum absolute atomic E-state index is 0.592. The molecule has 12 heavy (non-hydrogen) atoms. The zero-order valence-electron chi connectivity index (χ0n) is 6.66. The van der Waals surface area contributed by atoms with Crippen molar-refractivity contribution < 1.29 is 9.90 Å². The molecule has 0 aliphatic rings. The van der Waals surface area contributed by atoms with E-state index in [1.165, 1.54) is 5.56 Å². The van der Waals surface area contributed by atoms with Gasteiger partial charge in [0.25, 0.3) is 0 Å². The van der Waals surface area contributed by atoms with Crippen LogP contribution in [0.2, 0.25) is 5.21 Å². The standard InChI is InChI=1S/C9H11AsO2/c11-9(12)10-7-6-8-4-2-1-3-5-8/h1-5,10H,6-7H2,(H,11,12). The quantitative estimate of drug-likeness (QED) is 0.794. The number of carbonyl (C=O) groups is 1. The minimum atomic E-state index is -0.767. The van der Waals surface area contributed by atoms with Crippen LogP contribution in [0.25, 0.3) is 0 Å². The molecule has 0 aliphatic carbocycles. The third-order valence-electron chi connectivity index (χ3n) is 1.53. The average Bonchev–Trinajstić information content (AvgIpc) is 2.05. The maximum absolute atomic E-state index is 10.2. The molecule has 0 aromatic heterocycles. The van der Waals surface area contributed by atoms with Gasteiger partial charge in [-0.25, -0.2) is 0 Å². The van der Waals surface area contributed by atoms with Crippen LogP contribution in [-0.2, 0) is 6.42 Å². The van der Waals surface area contributed by atoms with Crippen LogP contribution in [0.15, 0.2) is 30.3 Å². The van der Waals surface area contributed by atoms with Crippen molar-refractivity contribution in [2.45, 2.75) is 11.6 Å².